The Hall–Kier alpha value is -4.13. The van der Waals surface area contributed by atoms with E-state index in [1.54, 1.807) is 60.9 Å². The molecule has 0 saturated carbocycles. The maximum Gasteiger partial charge on any atom is 0.300 e. The monoisotopic (exact) mass is 428 g/mol. The lowest BCUT2D eigenvalue weighted by molar-refractivity contribution is -0.132. The van der Waals surface area contributed by atoms with Crippen molar-refractivity contribution in [2.75, 3.05) is 4.90 Å². The predicted octanol–water partition coefficient (Wildman–Crippen LogP) is 3.74. The third-order valence-corrected chi connectivity index (χ3v) is 5.78. The fraction of sp³-hybridized carbons (Fsp3) is 0.160. The Balaban J connectivity index is 1.70. The molecule has 2 aromatic carbocycles. The minimum atomic E-state index is -0.922. The number of hydrogen-bond acceptors (Lipinski definition) is 6. The van der Waals surface area contributed by atoms with E-state index in [9.17, 15) is 19.8 Å². The molecule has 3 heterocycles. The van der Waals surface area contributed by atoms with Crippen LogP contribution < -0.4 is 9.64 Å². The number of phenolic OH excluding ortho intramolecular Hbond substituents is 1. The summed E-state index contributed by atoms with van der Waals surface area (Å²) in [5.41, 5.74) is 2.08. The summed E-state index contributed by atoms with van der Waals surface area (Å²) in [5, 5.41) is 21.6. The van der Waals surface area contributed by atoms with E-state index in [1.807, 2.05) is 6.92 Å². The van der Waals surface area contributed by atoms with Gasteiger partial charge in [0.15, 0.2) is 0 Å². The highest BCUT2D eigenvalue weighted by atomic mass is 16.5. The van der Waals surface area contributed by atoms with E-state index in [-0.39, 0.29) is 28.9 Å². The van der Waals surface area contributed by atoms with Crippen molar-refractivity contribution in [1.82, 2.24) is 4.98 Å². The quantitative estimate of drug-likeness (QED) is 0.375. The van der Waals surface area contributed by atoms with E-state index in [0.29, 0.717) is 17.5 Å². The van der Waals surface area contributed by atoms with E-state index >= 15 is 0 Å². The number of pyridine rings is 1. The van der Waals surface area contributed by atoms with Crippen LogP contribution in [0.5, 0.6) is 11.5 Å². The van der Waals surface area contributed by atoms with Gasteiger partial charge in [-0.25, -0.2) is 0 Å². The largest absolute Gasteiger partial charge is 0.507 e. The van der Waals surface area contributed by atoms with Crippen molar-refractivity contribution < 1.29 is 24.5 Å². The first kappa shape index (κ1) is 19.8. The summed E-state index contributed by atoms with van der Waals surface area (Å²) in [4.78, 5) is 31.5. The molecular weight excluding hydrogens is 408 g/mol. The van der Waals surface area contributed by atoms with Crippen molar-refractivity contribution in [3.05, 3.63) is 89.3 Å². The van der Waals surface area contributed by atoms with Gasteiger partial charge in [0.05, 0.1) is 17.3 Å². The number of amides is 1. The fourth-order valence-electron chi connectivity index (χ4n) is 4.33. The number of aliphatic hydroxyl groups excluding tert-OH is 1. The average molecular weight is 428 g/mol. The highest BCUT2D eigenvalue weighted by molar-refractivity contribution is 6.51. The summed E-state index contributed by atoms with van der Waals surface area (Å²) in [6.07, 6.45) is 3.82. The van der Waals surface area contributed by atoms with Crippen LogP contribution in [0.1, 0.15) is 29.7 Å². The van der Waals surface area contributed by atoms with Gasteiger partial charge in [-0.1, -0.05) is 12.1 Å². The number of aliphatic hydroxyl groups is 1. The lowest BCUT2D eigenvalue weighted by Gasteiger charge is -2.25. The van der Waals surface area contributed by atoms with Crippen LogP contribution in [-0.4, -0.2) is 33.0 Å². The fourth-order valence-corrected chi connectivity index (χ4v) is 4.33. The van der Waals surface area contributed by atoms with E-state index in [4.69, 9.17) is 4.74 Å². The molecule has 1 fully saturated rings. The van der Waals surface area contributed by atoms with Crippen LogP contribution in [-0.2, 0) is 16.0 Å². The summed E-state index contributed by atoms with van der Waals surface area (Å²) < 4.78 is 5.72. The Morgan fingerprint density at radius 1 is 1.09 bits per heavy atom. The van der Waals surface area contributed by atoms with Gasteiger partial charge in [-0.3, -0.25) is 19.5 Å². The Labute approximate surface area is 184 Å². The number of nitrogens with zero attached hydrogens (tertiary/aromatic N) is 2. The molecule has 1 saturated heterocycles. The highest BCUT2D eigenvalue weighted by Crippen LogP contribution is 2.44. The van der Waals surface area contributed by atoms with Gasteiger partial charge in [-0.05, 0) is 60.5 Å². The molecule has 1 aromatic heterocycles. The van der Waals surface area contributed by atoms with Gasteiger partial charge in [0, 0.05) is 24.4 Å². The van der Waals surface area contributed by atoms with Crippen molar-refractivity contribution >= 4 is 23.1 Å². The van der Waals surface area contributed by atoms with Gasteiger partial charge in [-0.15, -0.1) is 0 Å². The van der Waals surface area contributed by atoms with E-state index in [1.165, 1.54) is 11.0 Å². The van der Waals surface area contributed by atoms with Crippen LogP contribution in [0.4, 0.5) is 5.69 Å². The minimum Gasteiger partial charge on any atom is -0.507 e. The summed E-state index contributed by atoms with van der Waals surface area (Å²) in [6.45, 7) is 1.96. The number of carbonyl (C=O) groups is 2. The molecule has 0 spiro atoms. The van der Waals surface area contributed by atoms with Crippen LogP contribution in [0.15, 0.2) is 72.6 Å². The molecule has 0 radical (unpaired) electrons. The first-order chi connectivity index (χ1) is 15.5. The second-order valence-corrected chi connectivity index (χ2v) is 7.89. The zero-order chi connectivity index (χ0) is 22.4. The lowest BCUT2D eigenvalue weighted by atomic mass is 9.95. The van der Waals surface area contributed by atoms with Crippen molar-refractivity contribution in [2.45, 2.75) is 25.5 Å². The van der Waals surface area contributed by atoms with Crippen molar-refractivity contribution in [3.63, 3.8) is 0 Å². The van der Waals surface area contributed by atoms with Gasteiger partial charge in [-0.2, -0.15) is 0 Å². The lowest BCUT2D eigenvalue weighted by Crippen LogP contribution is -2.29. The second-order valence-electron chi connectivity index (χ2n) is 7.89. The van der Waals surface area contributed by atoms with Crippen LogP contribution in [0.2, 0.25) is 0 Å². The molecule has 2 N–H and O–H groups in total. The molecule has 5 rings (SSSR count). The smallest absolute Gasteiger partial charge is 0.300 e. The van der Waals surface area contributed by atoms with Crippen LogP contribution in [0.3, 0.4) is 0 Å². The van der Waals surface area contributed by atoms with E-state index < -0.39 is 17.7 Å². The number of fused-ring (bicyclic) bond motifs is 1. The SMILES string of the molecule is CC1Cc2cc(/C(O)=C3/C(=O)C(=O)N(c4ccccc4O)C3c3ccncc3)ccc2O1. The summed E-state index contributed by atoms with van der Waals surface area (Å²) in [7, 11) is 0. The number of aromatic nitrogens is 1. The molecule has 160 valence electrons. The Morgan fingerprint density at radius 2 is 1.84 bits per heavy atom. The molecule has 2 aliphatic heterocycles. The molecular formula is C25H20N2O5. The normalized spacial score (nSPS) is 21.5. The summed E-state index contributed by atoms with van der Waals surface area (Å²) in [5.74, 6) is -1.32. The molecule has 2 atom stereocenters. The molecule has 2 unspecified atom stereocenters. The average Bonchev–Trinajstić information content (AvgIpc) is 3.30. The van der Waals surface area contributed by atoms with Gasteiger partial charge >= 0.3 is 0 Å². The zero-order valence-electron chi connectivity index (χ0n) is 17.2. The first-order valence-electron chi connectivity index (χ1n) is 10.2. The van der Waals surface area contributed by atoms with Crippen molar-refractivity contribution in [3.8, 4) is 11.5 Å². The molecule has 1 amide bonds. The van der Waals surface area contributed by atoms with E-state index in [0.717, 1.165) is 11.3 Å². The maximum absolute atomic E-state index is 13.2. The van der Waals surface area contributed by atoms with Crippen LogP contribution in [0, 0.1) is 0 Å². The molecule has 2 aliphatic rings. The number of carbonyl (C=O) groups excluding carboxylic acids is 2. The van der Waals surface area contributed by atoms with Crippen molar-refractivity contribution in [2.24, 2.45) is 0 Å². The molecule has 7 heteroatoms. The summed E-state index contributed by atoms with van der Waals surface area (Å²) >= 11 is 0. The zero-order valence-corrected chi connectivity index (χ0v) is 17.2. The maximum atomic E-state index is 13.2. The first-order valence-corrected chi connectivity index (χ1v) is 10.2. The van der Waals surface area contributed by atoms with Crippen LogP contribution in [0.25, 0.3) is 5.76 Å². The Bertz CT molecular complexity index is 1270. The van der Waals surface area contributed by atoms with E-state index in [2.05, 4.69) is 4.98 Å². The number of benzene rings is 2. The number of aromatic hydroxyl groups is 1. The second kappa shape index (κ2) is 7.53. The molecule has 7 nitrogen and oxygen atoms in total. The number of rotatable bonds is 3. The molecule has 0 bridgehead atoms. The van der Waals surface area contributed by atoms with Gasteiger partial charge in [0.2, 0.25) is 0 Å². The number of ether oxygens (including phenoxy) is 1. The number of ketones is 1. The standard InChI is InChI=1S/C25H20N2O5/c1-14-12-17-13-16(6-7-20(17)32-14)23(29)21-22(15-8-10-26-11-9-15)27(25(31)24(21)30)18-4-2-3-5-19(18)28/h2-11,13-14,22,28-29H,12H2,1H3/b23-21-. The molecule has 0 aliphatic carbocycles. The van der Waals surface area contributed by atoms with Gasteiger partial charge < -0.3 is 14.9 Å². The number of para-hydroxylation sites is 2. The molecule has 32 heavy (non-hydrogen) atoms. The van der Waals surface area contributed by atoms with Gasteiger partial charge in [0.25, 0.3) is 11.7 Å². The Morgan fingerprint density at radius 3 is 2.59 bits per heavy atom. The Kier molecular flexibility index (Phi) is 4.66. The van der Waals surface area contributed by atoms with Gasteiger partial charge in [0.1, 0.15) is 23.4 Å². The number of phenols is 1. The predicted molar refractivity (Wildman–Crippen MR) is 117 cm³/mol. The summed E-state index contributed by atoms with van der Waals surface area (Å²) in [6, 6.07) is 13.9. The number of hydrogen-bond donors (Lipinski definition) is 2. The highest BCUT2D eigenvalue weighted by Gasteiger charge is 2.47. The number of anilines is 1. The third kappa shape index (κ3) is 3.10. The van der Waals surface area contributed by atoms with Crippen molar-refractivity contribution in [1.29, 1.82) is 0 Å². The molecule has 3 aromatic rings. The topological polar surface area (TPSA) is 100.0 Å². The van der Waals surface area contributed by atoms with Crippen LogP contribution >= 0.6 is 0 Å². The third-order valence-electron chi connectivity index (χ3n) is 5.78. The number of Topliss-reactive ketones (excluding diaryl/α,β-unsaturated/α-hetero) is 1. The minimum absolute atomic E-state index is 0.0332.